The number of aromatic nitrogens is 2. The summed E-state index contributed by atoms with van der Waals surface area (Å²) in [6, 6.07) is 1.81. The predicted octanol–water partition coefficient (Wildman–Crippen LogP) is -0.146. The third-order valence-electron chi connectivity index (χ3n) is 1.69. The van der Waals surface area contributed by atoms with E-state index in [0.29, 0.717) is 6.54 Å². The lowest BCUT2D eigenvalue weighted by molar-refractivity contribution is -0.133. The Morgan fingerprint density at radius 1 is 1.56 bits per heavy atom. The third kappa shape index (κ3) is 4.83. The molecule has 7 heteroatoms. The van der Waals surface area contributed by atoms with E-state index in [-0.39, 0.29) is 17.4 Å². The number of rotatable bonds is 6. The summed E-state index contributed by atoms with van der Waals surface area (Å²) < 4.78 is 1.65. The topological polar surface area (TPSA) is 84.2 Å². The van der Waals surface area contributed by atoms with Crippen molar-refractivity contribution in [2.24, 2.45) is 7.05 Å². The van der Waals surface area contributed by atoms with Gasteiger partial charge in [-0.3, -0.25) is 14.3 Å². The van der Waals surface area contributed by atoms with Crippen LogP contribution in [0.4, 0.5) is 0 Å². The van der Waals surface area contributed by atoms with E-state index in [1.165, 1.54) is 0 Å². The number of amides is 1. The number of hydrogen-bond acceptors (Lipinski definition) is 4. The summed E-state index contributed by atoms with van der Waals surface area (Å²) in [5, 5.41) is 15.1. The molecule has 0 spiro atoms. The van der Waals surface area contributed by atoms with E-state index >= 15 is 0 Å². The molecule has 1 aromatic rings. The maximum Gasteiger partial charge on any atom is 0.313 e. The summed E-state index contributed by atoms with van der Waals surface area (Å²) in [6.07, 6.45) is 1.79. The van der Waals surface area contributed by atoms with E-state index in [0.717, 1.165) is 17.5 Å². The number of hydrogen-bond donors (Lipinski definition) is 2. The first-order valence-corrected chi connectivity index (χ1v) is 5.78. The molecule has 0 aromatic carbocycles. The number of aryl methyl sites for hydroxylation is 1. The molecule has 0 aliphatic carbocycles. The molecule has 0 fully saturated rings. The van der Waals surface area contributed by atoms with Crippen molar-refractivity contribution in [1.29, 1.82) is 0 Å². The van der Waals surface area contributed by atoms with Gasteiger partial charge in [-0.05, 0) is 6.07 Å². The summed E-state index contributed by atoms with van der Waals surface area (Å²) in [7, 11) is 1.80. The Morgan fingerprint density at radius 2 is 2.31 bits per heavy atom. The van der Waals surface area contributed by atoms with Gasteiger partial charge >= 0.3 is 5.97 Å². The van der Waals surface area contributed by atoms with Gasteiger partial charge in [-0.1, -0.05) is 0 Å². The van der Waals surface area contributed by atoms with Gasteiger partial charge < -0.3 is 10.4 Å². The van der Waals surface area contributed by atoms with Gasteiger partial charge in [0.15, 0.2) is 0 Å². The molecule has 16 heavy (non-hydrogen) atoms. The highest BCUT2D eigenvalue weighted by molar-refractivity contribution is 8.00. The standard InChI is InChI=1S/C9H13N3O3S/c1-12-3-2-7(11-12)4-10-8(13)5-16-6-9(14)15/h2-3H,4-6H2,1H3,(H,10,13)(H,14,15). The molecule has 6 nitrogen and oxygen atoms in total. The molecule has 0 aliphatic heterocycles. The molecule has 1 aromatic heterocycles. The van der Waals surface area contributed by atoms with Crippen molar-refractivity contribution < 1.29 is 14.7 Å². The van der Waals surface area contributed by atoms with E-state index in [1.807, 2.05) is 6.07 Å². The van der Waals surface area contributed by atoms with Gasteiger partial charge in [0.25, 0.3) is 0 Å². The van der Waals surface area contributed by atoms with Crippen molar-refractivity contribution in [2.75, 3.05) is 11.5 Å². The van der Waals surface area contributed by atoms with Crippen LogP contribution in [-0.4, -0.2) is 38.3 Å². The van der Waals surface area contributed by atoms with Crippen LogP contribution in [0.1, 0.15) is 5.69 Å². The predicted molar refractivity (Wildman–Crippen MR) is 60.0 cm³/mol. The first kappa shape index (κ1) is 12.6. The van der Waals surface area contributed by atoms with Gasteiger partial charge in [-0.15, -0.1) is 11.8 Å². The minimum atomic E-state index is -0.914. The highest BCUT2D eigenvalue weighted by Crippen LogP contribution is 1.99. The highest BCUT2D eigenvalue weighted by atomic mass is 32.2. The van der Waals surface area contributed by atoms with Gasteiger partial charge in [-0.25, -0.2) is 0 Å². The largest absolute Gasteiger partial charge is 0.481 e. The average molecular weight is 243 g/mol. The Hall–Kier alpha value is -1.50. The lowest BCUT2D eigenvalue weighted by Gasteiger charge is -2.01. The van der Waals surface area contributed by atoms with Crippen LogP contribution < -0.4 is 5.32 Å². The number of carboxylic acids is 1. The van der Waals surface area contributed by atoms with E-state index in [4.69, 9.17) is 5.11 Å². The third-order valence-corrected chi connectivity index (χ3v) is 2.61. The molecular weight excluding hydrogens is 230 g/mol. The van der Waals surface area contributed by atoms with Crippen LogP contribution in [-0.2, 0) is 23.2 Å². The first-order valence-electron chi connectivity index (χ1n) is 4.62. The van der Waals surface area contributed by atoms with Crippen LogP contribution in [0.15, 0.2) is 12.3 Å². The summed E-state index contributed by atoms with van der Waals surface area (Å²) in [4.78, 5) is 21.4. The zero-order valence-corrected chi connectivity index (χ0v) is 9.66. The monoisotopic (exact) mass is 243 g/mol. The fourth-order valence-corrected chi connectivity index (χ4v) is 1.59. The maximum atomic E-state index is 11.2. The molecular formula is C9H13N3O3S. The number of nitrogens with zero attached hydrogens (tertiary/aromatic N) is 2. The van der Waals surface area contributed by atoms with Crippen molar-refractivity contribution in [3.63, 3.8) is 0 Å². The molecule has 0 radical (unpaired) electrons. The zero-order chi connectivity index (χ0) is 12.0. The highest BCUT2D eigenvalue weighted by Gasteiger charge is 2.04. The lowest BCUT2D eigenvalue weighted by Crippen LogP contribution is -2.25. The number of carboxylic acid groups (broad SMARTS) is 1. The van der Waals surface area contributed by atoms with Gasteiger partial charge in [0.1, 0.15) is 0 Å². The Balaban J connectivity index is 2.17. The number of nitrogens with one attached hydrogen (secondary N) is 1. The summed E-state index contributed by atoms with van der Waals surface area (Å²) in [6.45, 7) is 0.368. The smallest absolute Gasteiger partial charge is 0.313 e. The Kier molecular flexibility index (Phi) is 4.84. The number of aliphatic carboxylic acids is 1. The molecule has 0 bridgehead atoms. The van der Waals surface area contributed by atoms with Crippen LogP contribution in [0.5, 0.6) is 0 Å². The number of thioether (sulfide) groups is 1. The fourth-order valence-electron chi connectivity index (χ4n) is 1.03. The quantitative estimate of drug-likeness (QED) is 0.726. The van der Waals surface area contributed by atoms with Crippen LogP contribution >= 0.6 is 11.8 Å². The molecule has 0 aliphatic rings. The zero-order valence-electron chi connectivity index (χ0n) is 8.84. The van der Waals surface area contributed by atoms with Crippen molar-refractivity contribution >= 4 is 23.6 Å². The first-order chi connectivity index (χ1) is 7.58. The Labute approximate surface area is 97.0 Å². The molecule has 0 saturated carbocycles. The normalized spacial score (nSPS) is 10.1. The second-order valence-electron chi connectivity index (χ2n) is 3.14. The number of carbonyl (C=O) groups excluding carboxylic acids is 1. The van der Waals surface area contributed by atoms with Crippen molar-refractivity contribution in [3.05, 3.63) is 18.0 Å². The second kappa shape index (κ2) is 6.16. The Morgan fingerprint density at radius 3 is 2.88 bits per heavy atom. The van der Waals surface area contributed by atoms with Crippen molar-refractivity contribution in [1.82, 2.24) is 15.1 Å². The van der Waals surface area contributed by atoms with Crippen LogP contribution in [0.2, 0.25) is 0 Å². The molecule has 0 unspecified atom stereocenters. The molecule has 0 atom stereocenters. The molecule has 2 N–H and O–H groups in total. The molecule has 0 saturated heterocycles. The van der Waals surface area contributed by atoms with Crippen LogP contribution in [0, 0.1) is 0 Å². The second-order valence-corrected chi connectivity index (χ2v) is 4.13. The Bertz CT molecular complexity index is 378. The van der Waals surface area contributed by atoms with E-state index in [9.17, 15) is 9.59 Å². The fraction of sp³-hybridized carbons (Fsp3) is 0.444. The summed E-state index contributed by atoms with van der Waals surface area (Å²) >= 11 is 1.07. The minimum Gasteiger partial charge on any atom is -0.481 e. The lowest BCUT2D eigenvalue weighted by atomic mass is 10.4. The molecule has 1 rings (SSSR count). The van der Waals surface area contributed by atoms with Gasteiger partial charge in [0.05, 0.1) is 23.7 Å². The van der Waals surface area contributed by atoms with Crippen molar-refractivity contribution in [2.45, 2.75) is 6.54 Å². The van der Waals surface area contributed by atoms with Crippen LogP contribution in [0.25, 0.3) is 0 Å². The molecule has 88 valence electrons. The number of carbonyl (C=O) groups is 2. The minimum absolute atomic E-state index is 0.0585. The van der Waals surface area contributed by atoms with Crippen LogP contribution in [0.3, 0.4) is 0 Å². The summed E-state index contributed by atoms with van der Waals surface area (Å²) in [5.41, 5.74) is 0.777. The van der Waals surface area contributed by atoms with Gasteiger partial charge in [0.2, 0.25) is 5.91 Å². The van der Waals surface area contributed by atoms with E-state index < -0.39 is 5.97 Å². The van der Waals surface area contributed by atoms with E-state index in [1.54, 1.807) is 17.9 Å². The van der Waals surface area contributed by atoms with E-state index in [2.05, 4.69) is 10.4 Å². The van der Waals surface area contributed by atoms with Crippen molar-refractivity contribution in [3.8, 4) is 0 Å². The molecule has 1 amide bonds. The van der Waals surface area contributed by atoms with Gasteiger partial charge in [0, 0.05) is 13.2 Å². The average Bonchev–Trinajstić information content (AvgIpc) is 2.61. The van der Waals surface area contributed by atoms with Gasteiger partial charge in [-0.2, -0.15) is 5.10 Å². The SMILES string of the molecule is Cn1ccc(CNC(=O)CSCC(=O)O)n1. The summed E-state index contributed by atoms with van der Waals surface area (Å²) in [5.74, 6) is -1.00. The maximum absolute atomic E-state index is 11.2. The molecule has 1 heterocycles.